The minimum absolute atomic E-state index is 0.00827. The maximum Gasteiger partial charge on any atom is 0.326 e. The number of carboxylic acid groups (broad SMARTS) is 1. The minimum Gasteiger partial charge on any atom is -0.480 e. The van der Waals surface area contributed by atoms with Crippen LogP contribution in [0.3, 0.4) is 0 Å². The molecule has 2 rings (SSSR count). The molecule has 0 saturated heterocycles. The van der Waals surface area contributed by atoms with Gasteiger partial charge in [-0.05, 0) is 29.8 Å². The Morgan fingerprint density at radius 2 is 2.05 bits per heavy atom. The van der Waals surface area contributed by atoms with E-state index in [1.54, 1.807) is 18.2 Å². The molecular weight excluding hydrogens is 275 g/mol. The minimum atomic E-state index is -1.19. The number of carboxylic acids is 1. The number of rotatable bonds is 5. The lowest BCUT2D eigenvalue weighted by Crippen LogP contribution is -2.42. The molecule has 1 heterocycles. The van der Waals surface area contributed by atoms with Gasteiger partial charge >= 0.3 is 5.97 Å². The fourth-order valence-electron chi connectivity index (χ4n) is 1.83. The van der Waals surface area contributed by atoms with Crippen LogP contribution < -0.4 is 5.32 Å². The van der Waals surface area contributed by atoms with Gasteiger partial charge in [0, 0.05) is 12.6 Å². The summed E-state index contributed by atoms with van der Waals surface area (Å²) < 4.78 is 13.1. The molecule has 0 spiro atoms. The van der Waals surface area contributed by atoms with Crippen molar-refractivity contribution in [3.8, 4) is 0 Å². The zero-order valence-electron chi connectivity index (χ0n) is 11.0. The highest BCUT2D eigenvalue weighted by Gasteiger charge is 2.21. The number of benzene rings is 1. The fraction of sp³-hybridized carbons (Fsp3) is 0.133. The van der Waals surface area contributed by atoms with Gasteiger partial charge in [-0.2, -0.15) is 0 Å². The average Bonchev–Trinajstić information content (AvgIpc) is 2.47. The number of nitrogens with zero attached hydrogens (tertiary/aromatic N) is 1. The van der Waals surface area contributed by atoms with Crippen LogP contribution in [0.5, 0.6) is 0 Å². The number of hydrogen-bond acceptors (Lipinski definition) is 3. The number of halogens is 1. The molecule has 2 N–H and O–H groups in total. The van der Waals surface area contributed by atoms with Crippen LogP contribution in [0.4, 0.5) is 4.39 Å². The number of carbonyl (C=O) groups is 2. The van der Waals surface area contributed by atoms with Crippen molar-refractivity contribution < 1.29 is 19.1 Å². The quantitative estimate of drug-likeness (QED) is 0.876. The summed E-state index contributed by atoms with van der Waals surface area (Å²) >= 11 is 0. The van der Waals surface area contributed by atoms with E-state index in [2.05, 4.69) is 10.3 Å². The number of aliphatic carboxylic acids is 1. The second-order valence-corrected chi connectivity index (χ2v) is 4.41. The van der Waals surface area contributed by atoms with Crippen molar-refractivity contribution in [3.05, 3.63) is 65.7 Å². The van der Waals surface area contributed by atoms with Gasteiger partial charge in [-0.1, -0.05) is 18.2 Å². The van der Waals surface area contributed by atoms with Crippen LogP contribution in [0.25, 0.3) is 0 Å². The van der Waals surface area contributed by atoms with Crippen molar-refractivity contribution in [1.82, 2.24) is 10.3 Å². The van der Waals surface area contributed by atoms with Crippen LogP contribution in [0.2, 0.25) is 0 Å². The van der Waals surface area contributed by atoms with Gasteiger partial charge in [0.25, 0.3) is 5.91 Å². The number of aromatic nitrogens is 1. The van der Waals surface area contributed by atoms with Crippen molar-refractivity contribution in [2.75, 3.05) is 0 Å². The average molecular weight is 288 g/mol. The highest BCUT2D eigenvalue weighted by molar-refractivity contribution is 5.94. The van der Waals surface area contributed by atoms with Crippen LogP contribution in [-0.2, 0) is 11.2 Å². The first kappa shape index (κ1) is 14.6. The molecule has 5 nitrogen and oxygen atoms in total. The van der Waals surface area contributed by atoms with Gasteiger partial charge in [0.15, 0.2) is 0 Å². The van der Waals surface area contributed by atoms with E-state index >= 15 is 0 Å². The van der Waals surface area contributed by atoms with Crippen LogP contribution in [0, 0.1) is 5.82 Å². The lowest BCUT2D eigenvalue weighted by molar-refractivity contribution is -0.139. The van der Waals surface area contributed by atoms with E-state index in [9.17, 15) is 19.1 Å². The van der Waals surface area contributed by atoms with E-state index in [0.717, 1.165) is 0 Å². The molecule has 1 aromatic heterocycles. The highest BCUT2D eigenvalue weighted by Crippen LogP contribution is 2.07. The summed E-state index contributed by atoms with van der Waals surface area (Å²) in [5, 5.41) is 11.5. The topological polar surface area (TPSA) is 79.3 Å². The zero-order chi connectivity index (χ0) is 15.2. The molecule has 1 atom stereocenters. The number of pyridine rings is 1. The molecule has 6 heteroatoms. The summed E-state index contributed by atoms with van der Waals surface area (Å²) in [5.74, 6) is -2.23. The Morgan fingerprint density at radius 3 is 2.67 bits per heavy atom. The maximum atomic E-state index is 13.1. The Labute approximate surface area is 120 Å². The molecule has 0 aliphatic rings. The Morgan fingerprint density at radius 1 is 1.24 bits per heavy atom. The monoisotopic (exact) mass is 288 g/mol. The van der Waals surface area contributed by atoms with E-state index < -0.39 is 23.7 Å². The zero-order valence-corrected chi connectivity index (χ0v) is 11.0. The number of nitrogens with one attached hydrogen (secondary N) is 1. The lowest BCUT2D eigenvalue weighted by Gasteiger charge is -2.14. The SMILES string of the molecule is O=C(N[C@@H](Cc1cccc(F)c1)C(=O)O)c1ccccn1. The first-order valence-corrected chi connectivity index (χ1v) is 6.25. The third kappa shape index (κ3) is 4.10. The van der Waals surface area contributed by atoms with Gasteiger partial charge in [0.05, 0.1) is 0 Å². The Balaban J connectivity index is 2.09. The van der Waals surface area contributed by atoms with E-state index in [4.69, 9.17) is 0 Å². The second kappa shape index (κ2) is 6.60. The van der Waals surface area contributed by atoms with E-state index in [0.29, 0.717) is 5.56 Å². The smallest absolute Gasteiger partial charge is 0.326 e. The molecule has 0 fully saturated rings. The molecule has 2 aromatic rings. The molecule has 1 aromatic carbocycles. The summed E-state index contributed by atoms with van der Waals surface area (Å²) in [6, 6.07) is 9.21. The molecule has 0 bridgehead atoms. The molecule has 0 aliphatic heterocycles. The van der Waals surface area contributed by atoms with Gasteiger partial charge in [0.2, 0.25) is 0 Å². The Hall–Kier alpha value is -2.76. The van der Waals surface area contributed by atoms with Crippen LogP contribution in [0.1, 0.15) is 16.1 Å². The van der Waals surface area contributed by atoms with Crippen molar-refractivity contribution in [3.63, 3.8) is 0 Å². The summed E-state index contributed by atoms with van der Waals surface area (Å²) in [6.07, 6.45) is 1.43. The van der Waals surface area contributed by atoms with Crippen molar-refractivity contribution in [2.45, 2.75) is 12.5 Å². The van der Waals surface area contributed by atoms with Gasteiger partial charge < -0.3 is 10.4 Å². The molecule has 21 heavy (non-hydrogen) atoms. The van der Waals surface area contributed by atoms with Gasteiger partial charge in [0.1, 0.15) is 17.6 Å². The summed E-state index contributed by atoms with van der Waals surface area (Å²) in [4.78, 5) is 27.0. The molecular formula is C15H13FN2O3. The fourth-order valence-corrected chi connectivity index (χ4v) is 1.83. The maximum absolute atomic E-state index is 13.1. The molecule has 0 radical (unpaired) electrons. The molecule has 108 valence electrons. The van der Waals surface area contributed by atoms with E-state index in [1.807, 2.05) is 0 Å². The number of hydrogen-bond donors (Lipinski definition) is 2. The van der Waals surface area contributed by atoms with Crippen LogP contribution in [-0.4, -0.2) is 28.0 Å². The Kier molecular flexibility index (Phi) is 4.61. The summed E-state index contributed by atoms with van der Waals surface area (Å²) in [6.45, 7) is 0. The standard InChI is InChI=1S/C15H13FN2O3/c16-11-5-3-4-10(8-11)9-13(15(20)21)18-14(19)12-6-1-2-7-17-12/h1-8,13H,9H2,(H,18,19)(H,20,21)/t13-/m0/s1. The predicted octanol–water partition coefficient (Wildman–Crippen LogP) is 1.65. The van der Waals surface area contributed by atoms with Crippen molar-refractivity contribution in [2.24, 2.45) is 0 Å². The third-order valence-electron chi connectivity index (χ3n) is 2.83. The van der Waals surface area contributed by atoms with Gasteiger partial charge in [-0.3, -0.25) is 9.78 Å². The molecule has 1 amide bonds. The first-order valence-electron chi connectivity index (χ1n) is 6.25. The highest BCUT2D eigenvalue weighted by atomic mass is 19.1. The normalized spacial score (nSPS) is 11.7. The second-order valence-electron chi connectivity index (χ2n) is 4.41. The van der Waals surface area contributed by atoms with Crippen molar-refractivity contribution >= 4 is 11.9 Å². The summed E-state index contributed by atoms with van der Waals surface area (Å²) in [7, 11) is 0. The third-order valence-corrected chi connectivity index (χ3v) is 2.83. The first-order chi connectivity index (χ1) is 10.1. The van der Waals surface area contributed by atoms with E-state index in [-0.39, 0.29) is 12.1 Å². The lowest BCUT2D eigenvalue weighted by atomic mass is 10.1. The van der Waals surface area contributed by atoms with Gasteiger partial charge in [-0.25, -0.2) is 9.18 Å². The largest absolute Gasteiger partial charge is 0.480 e. The predicted molar refractivity (Wildman–Crippen MR) is 73.2 cm³/mol. The number of carbonyl (C=O) groups excluding carboxylic acids is 1. The van der Waals surface area contributed by atoms with E-state index in [1.165, 1.54) is 30.5 Å². The van der Waals surface area contributed by atoms with Crippen LogP contribution >= 0.6 is 0 Å². The number of amides is 1. The molecule has 0 unspecified atom stereocenters. The summed E-state index contributed by atoms with van der Waals surface area (Å²) in [5.41, 5.74) is 0.617. The molecule has 0 aliphatic carbocycles. The van der Waals surface area contributed by atoms with Crippen LogP contribution in [0.15, 0.2) is 48.7 Å². The Bertz CT molecular complexity index is 646. The van der Waals surface area contributed by atoms with Gasteiger partial charge in [-0.15, -0.1) is 0 Å². The molecule has 0 saturated carbocycles. The van der Waals surface area contributed by atoms with Crippen molar-refractivity contribution in [1.29, 1.82) is 0 Å².